The van der Waals surface area contributed by atoms with Crippen molar-refractivity contribution < 1.29 is 13.4 Å². The molecule has 25 heavy (non-hydrogen) atoms. The summed E-state index contributed by atoms with van der Waals surface area (Å²) < 4.78 is 25.1. The summed E-state index contributed by atoms with van der Waals surface area (Å²) in [6, 6.07) is 9.94. The van der Waals surface area contributed by atoms with Crippen LogP contribution in [0.25, 0.3) is 10.6 Å². The van der Waals surface area contributed by atoms with Crippen LogP contribution in [-0.2, 0) is 27.9 Å². The molecule has 8 heteroatoms. The summed E-state index contributed by atoms with van der Waals surface area (Å²) in [7, 11) is -1.32. The summed E-state index contributed by atoms with van der Waals surface area (Å²) in [6.45, 7) is 0.457. The minimum absolute atomic E-state index is 0.0468. The van der Waals surface area contributed by atoms with E-state index >= 15 is 0 Å². The number of benzene rings is 1. The maximum atomic E-state index is 13.0. The molecular formula is C17H15FN2O2S3. The number of amides is 1. The first-order valence-electron chi connectivity index (χ1n) is 7.44. The van der Waals surface area contributed by atoms with Gasteiger partial charge < -0.3 is 5.32 Å². The molecule has 0 bridgehead atoms. The predicted molar refractivity (Wildman–Crippen MR) is 100 cm³/mol. The number of hydrogen-bond acceptors (Lipinski definition) is 5. The third-order valence-corrected chi connectivity index (χ3v) is 6.30. The molecule has 0 saturated heterocycles. The highest BCUT2D eigenvalue weighted by molar-refractivity contribution is 7.84. The van der Waals surface area contributed by atoms with Gasteiger partial charge in [-0.2, -0.15) is 0 Å². The molecule has 1 N–H and O–H groups in total. The van der Waals surface area contributed by atoms with Gasteiger partial charge in [0.25, 0.3) is 0 Å². The molecule has 0 saturated carbocycles. The largest absolute Gasteiger partial charge is 0.350 e. The lowest BCUT2D eigenvalue weighted by molar-refractivity contribution is -0.118. The van der Waals surface area contributed by atoms with Crippen molar-refractivity contribution in [3.05, 3.63) is 63.5 Å². The molecule has 0 unspecified atom stereocenters. The van der Waals surface area contributed by atoms with Crippen molar-refractivity contribution in [2.45, 2.75) is 12.3 Å². The van der Waals surface area contributed by atoms with Crippen LogP contribution in [0, 0.1) is 5.82 Å². The Kier molecular flexibility index (Phi) is 6.06. The number of rotatable bonds is 7. The maximum absolute atomic E-state index is 13.0. The van der Waals surface area contributed by atoms with E-state index in [-0.39, 0.29) is 23.2 Å². The Morgan fingerprint density at radius 1 is 1.20 bits per heavy atom. The minimum Gasteiger partial charge on any atom is -0.350 e. The molecule has 0 fully saturated rings. The zero-order chi connectivity index (χ0) is 17.6. The van der Waals surface area contributed by atoms with Gasteiger partial charge in [-0.1, -0.05) is 6.07 Å². The molecule has 0 aliphatic heterocycles. The molecule has 1 aromatic carbocycles. The number of carbonyl (C=O) groups is 1. The van der Waals surface area contributed by atoms with Crippen molar-refractivity contribution in [1.82, 2.24) is 10.3 Å². The molecule has 0 spiro atoms. The van der Waals surface area contributed by atoms with Gasteiger partial charge in [0.15, 0.2) is 0 Å². The first-order chi connectivity index (χ1) is 12.1. The summed E-state index contributed by atoms with van der Waals surface area (Å²) in [4.78, 5) is 17.3. The van der Waals surface area contributed by atoms with E-state index in [4.69, 9.17) is 0 Å². The van der Waals surface area contributed by atoms with E-state index in [1.165, 1.54) is 23.5 Å². The number of thiazole rings is 1. The molecule has 0 aliphatic carbocycles. The summed E-state index contributed by atoms with van der Waals surface area (Å²) in [5.41, 5.74) is 1.49. The molecule has 0 aliphatic rings. The number of thiophene rings is 1. The zero-order valence-corrected chi connectivity index (χ0v) is 15.6. The number of nitrogens with zero attached hydrogens (tertiary/aromatic N) is 1. The Labute approximate surface area is 155 Å². The molecule has 1 atom stereocenters. The van der Waals surface area contributed by atoms with E-state index in [2.05, 4.69) is 10.3 Å². The van der Waals surface area contributed by atoms with Gasteiger partial charge >= 0.3 is 0 Å². The van der Waals surface area contributed by atoms with Crippen LogP contribution in [0.1, 0.15) is 10.6 Å². The van der Waals surface area contributed by atoms with Gasteiger partial charge in [-0.3, -0.25) is 9.00 Å². The Morgan fingerprint density at radius 2 is 2.00 bits per heavy atom. The summed E-state index contributed by atoms with van der Waals surface area (Å²) >= 11 is 2.98. The Bertz CT molecular complexity index is 860. The van der Waals surface area contributed by atoms with Crippen LogP contribution in [0.4, 0.5) is 4.39 Å². The number of nitrogens with one attached hydrogen (secondary N) is 1. The topological polar surface area (TPSA) is 59.1 Å². The van der Waals surface area contributed by atoms with Crippen LogP contribution >= 0.6 is 22.7 Å². The van der Waals surface area contributed by atoms with Crippen LogP contribution in [0.5, 0.6) is 0 Å². The number of aromatic nitrogens is 1. The quantitative estimate of drug-likeness (QED) is 0.666. The molecule has 4 nitrogen and oxygen atoms in total. The van der Waals surface area contributed by atoms with Gasteiger partial charge in [0, 0.05) is 26.6 Å². The van der Waals surface area contributed by atoms with Crippen LogP contribution in [0.2, 0.25) is 0 Å². The fourth-order valence-corrected chi connectivity index (χ4v) is 4.66. The second-order valence-electron chi connectivity index (χ2n) is 5.24. The lowest BCUT2D eigenvalue weighted by atomic mass is 10.2. The highest BCUT2D eigenvalue weighted by Gasteiger charge is 2.12. The van der Waals surface area contributed by atoms with Crippen LogP contribution in [-0.4, -0.2) is 20.9 Å². The first-order valence-corrected chi connectivity index (χ1v) is 10.7. The van der Waals surface area contributed by atoms with Crippen LogP contribution in [0.3, 0.4) is 0 Å². The zero-order valence-electron chi connectivity index (χ0n) is 13.1. The van der Waals surface area contributed by atoms with Crippen molar-refractivity contribution in [3.63, 3.8) is 0 Å². The molecule has 2 aromatic heterocycles. The third kappa shape index (κ3) is 5.29. The molecular weight excluding hydrogens is 379 g/mol. The van der Waals surface area contributed by atoms with Gasteiger partial charge in [-0.15, -0.1) is 22.7 Å². The Hall–Kier alpha value is -1.90. The summed E-state index contributed by atoms with van der Waals surface area (Å²) in [5.74, 6) is -0.352. The fourth-order valence-electron chi connectivity index (χ4n) is 2.11. The smallest absolute Gasteiger partial charge is 0.232 e. The van der Waals surface area contributed by atoms with Crippen LogP contribution < -0.4 is 5.32 Å². The number of halogens is 1. The second-order valence-corrected chi connectivity index (χ2v) is 8.58. The van der Waals surface area contributed by atoms with E-state index < -0.39 is 10.8 Å². The van der Waals surface area contributed by atoms with Crippen molar-refractivity contribution in [3.8, 4) is 10.6 Å². The van der Waals surface area contributed by atoms with Gasteiger partial charge in [0.1, 0.15) is 16.6 Å². The second kappa shape index (κ2) is 8.46. The van der Waals surface area contributed by atoms with Gasteiger partial charge in [0.05, 0.1) is 18.0 Å². The van der Waals surface area contributed by atoms with Crippen molar-refractivity contribution in [2.24, 2.45) is 0 Å². The van der Waals surface area contributed by atoms with E-state index in [9.17, 15) is 13.4 Å². The van der Waals surface area contributed by atoms with E-state index in [1.807, 2.05) is 22.9 Å². The molecule has 1 amide bonds. The SMILES string of the molecule is O=C(C[S@@](=O)Cc1csc(-c2ccc(F)cc2)n1)NCc1cccs1. The normalized spacial score (nSPS) is 12.0. The van der Waals surface area contributed by atoms with Crippen molar-refractivity contribution in [2.75, 3.05) is 5.75 Å². The third-order valence-electron chi connectivity index (χ3n) is 3.28. The summed E-state index contributed by atoms with van der Waals surface area (Å²) in [6.07, 6.45) is 0. The van der Waals surface area contributed by atoms with Crippen molar-refractivity contribution in [1.29, 1.82) is 0 Å². The Balaban J connectivity index is 1.51. The highest BCUT2D eigenvalue weighted by atomic mass is 32.2. The van der Waals surface area contributed by atoms with E-state index in [0.717, 1.165) is 15.4 Å². The molecule has 3 rings (SSSR count). The minimum atomic E-state index is -1.32. The van der Waals surface area contributed by atoms with Gasteiger partial charge in [-0.25, -0.2) is 9.37 Å². The molecule has 2 heterocycles. The van der Waals surface area contributed by atoms with Gasteiger partial charge in [-0.05, 0) is 35.7 Å². The molecule has 130 valence electrons. The summed E-state index contributed by atoms with van der Waals surface area (Å²) in [5, 5.41) is 7.27. The fraction of sp³-hybridized carbons (Fsp3) is 0.176. The molecule has 3 aromatic rings. The first kappa shape index (κ1) is 17.9. The van der Waals surface area contributed by atoms with Crippen LogP contribution in [0.15, 0.2) is 47.2 Å². The lowest BCUT2D eigenvalue weighted by Crippen LogP contribution is -2.27. The van der Waals surface area contributed by atoms with Gasteiger partial charge in [0.2, 0.25) is 5.91 Å². The number of carbonyl (C=O) groups excluding carboxylic acids is 1. The van der Waals surface area contributed by atoms with E-state index in [1.54, 1.807) is 23.5 Å². The standard InChI is InChI=1S/C17H15FN2O2S3/c18-13-5-3-12(4-6-13)17-20-14(9-24-17)10-25(22)11-16(21)19-8-15-2-1-7-23-15/h1-7,9H,8,10-11H2,(H,19,21)/t25-/m0/s1. The number of hydrogen-bond donors (Lipinski definition) is 1. The Morgan fingerprint density at radius 3 is 2.72 bits per heavy atom. The highest BCUT2D eigenvalue weighted by Crippen LogP contribution is 2.24. The maximum Gasteiger partial charge on any atom is 0.232 e. The lowest BCUT2D eigenvalue weighted by Gasteiger charge is -2.03. The van der Waals surface area contributed by atoms with E-state index in [0.29, 0.717) is 12.2 Å². The average Bonchev–Trinajstić information content (AvgIpc) is 3.25. The monoisotopic (exact) mass is 394 g/mol. The molecule has 0 radical (unpaired) electrons. The van der Waals surface area contributed by atoms with Crippen molar-refractivity contribution >= 4 is 39.4 Å². The average molecular weight is 395 g/mol. The predicted octanol–water partition coefficient (Wildman–Crippen LogP) is 3.58.